The maximum atomic E-state index is 14.0. The molecule has 0 radical (unpaired) electrons. The first-order valence-electron chi connectivity index (χ1n) is 12.9. The zero-order valence-electron chi connectivity index (χ0n) is 21.6. The number of nitrogens with zero attached hydrogens (tertiary/aromatic N) is 3. The van der Waals surface area contributed by atoms with Gasteiger partial charge in [-0.1, -0.05) is 27.7 Å². The Bertz CT molecular complexity index is 1060. The Hall–Kier alpha value is -2.68. The van der Waals surface area contributed by atoms with Crippen molar-refractivity contribution in [2.75, 3.05) is 4.90 Å². The minimum absolute atomic E-state index is 0.0661. The molecule has 2 N–H and O–H groups in total. The molecule has 2 heterocycles. The second-order valence-electron chi connectivity index (χ2n) is 11.3. The lowest BCUT2D eigenvalue weighted by molar-refractivity contribution is -0.124. The lowest BCUT2D eigenvalue weighted by Gasteiger charge is -2.39. The first kappa shape index (κ1) is 26.4. The molecule has 0 atom stereocenters. The van der Waals surface area contributed by atoms with Crippen LogP contribution in [0.2, 0.25) is 0 Å². The van der Waals surface area contributed by atoms with E-state index in [-0.39, 0.29) is 40.1 Å². The van der Waals surface area contributed by atoms with Crippen molar-refractivity contribution in [3.05, 3.63) is 28.0 Å². The van der Waals surface area contributed by atoms with Crippen LogP contribution >= 0.6 is 11.3 Å². The van der Waals surface area contributed by atoms with Crippen LogP contribution in [-0.2, 0) is 10.2 Å². The molecule has 0 bridgehead atoms. The number of anilines is 1. The van der Waals surface area contributed by atoms with Crippen molar-refractivity contribution in [2.24, 2.45) is 11.8 Å². The minimum Gasteiger partial charge on any atom is -0.492 e. The fraction of sp³-hybridized carbons (Fsp3) is 0.630. The quantitative estimate of drug-likeness (QED) is 0.501. The van der Waals surface area contributed by atoms with E-state index in [1.807, 2.05) is 11.0 Å². The molecule has 2 saturated carbocycles. The van der Waals surface area contributed by atoms with Crippen molar-refractivity contribution in [1.29, 1.82) is 0 Å². The number of rotatable bonds is 6. The van der Waals surface area contributed by atoms with Gasteiger partial charge in [-0.25, -0.2) is 4.79 Å². The van der Waals surface area contributed by atoms with Gasteiger partial charge < -0.3 is 19.8 Å². The molecular weight excluding hydrogens is 478 g/mol. The summed E-state index contributed by atoms with van der Waals surface area (Å²) < 4.78 is 5.96. The predicted octanol–water partition coefficient (Wildman–Crippen LogP) is 5.79. The third-order valence-corrected chi connectivity index (χ3v) is 8.97. The summed E-state index contributed by atoms with van der Waals surface area (Å²) in [6, 6.07) is 4.89. The van der Waals surface area contributed by atoms with Crippen LogP contribution in [0.5, 0.6) is 11.8 Å². The number of hydrogen-bond donors (Lipinski definition) is 2. The molecule has 0 aromatic carbocycles. The average Bonchev–Trinajstić information content (AvgIpc) is 3.28. The van der Waals surface area contributed by atoms with E-state index >= 15 is 0 Å². The number of carbonyl (C=O) groups is 2. The first-order chi connectivity index (χ1) is 17.0. The first-order valence-corrected chi connectivity index (χ1v) is 13.7. The summed E-state index contributed by atoms with van der Waals surface area (Å²) in [7, 11) is 0. The van der Waals surface area contributed by atoms with Crippen LogP contribution < -0.4 is 9.64 Å². The Morgan fingerprint density at radius 1 is 1.03 bits per heavy atom. The van der Waals surface area contributed by atoms with E-state index in [4.69, 9.17) is 4.74 Å². The summed E-state index contributed by atoms with van der Waals surface area (Å²) >= 11 is 1.28. The number of aromatic hydroxyl groups is 1. The van der Waals surface area contributed by atoms with Crippen molar-refractivity contribution in [1.82, 2.24) is 10.2 Å². The highest BCUT2D eigenvalue weighted by Crippen LogP contribution is 2.42. The van der Waals surface area contributed by atoms with Crippen molar-refractivity contribution in [3.8, 4) is 11.8 Å². The lowest BCUT2D eigenvalue weighted by atomic mass is 9.81. The second-order valence-corrected chi connectivity index (χ2v) is 12.4. The van der Waals surface area contributed by atoms with Crippen molar-refractivity contribution < 1.29 is 24.5 Å². The highest BCUT2D eigenvalue weighted by molar-refractivity contribution is 7.14. The Labute approximate surface area is 216 Å². The maximum Gasteiger partial charge on any atom is 0.348 e. The number of carboxylic acid groups (broad SMARTS) is 1. The summed E-state index contributed by atoms with van der Waals surface area (Å²) in [6.07, 6.45) is 6.56. The number of thiophene rings is 1. The molecule has 2 aromatic rings. The molecule has 2 fully saturated rings. The van der Waals surface area contributed by atoms with E-state index in [0.717, 1.165) is 43.4 Å². The van der Waals surface area contributed by atoms with Gasteiger partial charge in [0, 0.05) is 29.0 Å². The third-order valence-electron chi connectivity index (χ3n) is 7.43. The third kappa shape index (κ3) is 5.99. The number of ether oxygens (including phenoxy) is 1. The van der Waals surface area contributed by atoms with Gasteiger partial charge >= 0.3 is 5.97 Å². The van der Waals surface area contributed by atoms with Gasteiger partial charge in [-0.05, 0) is 68.8 Å². The molecule has 2 aromatic heterocycles. The van der Waals surface area contributed by atoms with Crippen LogP contribution in [0.25, 0.3) is 0 Å². The summed E-state index contributed by atoms with van der Waals surface area (Å²) in [5.74, 6) is -0.151. The molecule has 8 nitrogen and oxygen atoms in total. The predicted molar refractivity (Wildman–Crippen MR) is 139 cm³/mol. The molecule has 0 saturated heterocycles. The molecule has 0 aliphatic heterocycles. The number of amides is 1. The van der Waals surface area contributed by atoms with Gasteiger partial charge in [0.1, 0.15) is 11.0 Å². The lowest BCUT2D eigenvalue weighted by Crippen LogP contribution is -2.47. The van der Waals surface area contributed by atoms with Gasteiger partial charge in [0.2, 0.25) is 17.7 Å². The van der Waals surface area contributed by atoms with Crippen molar-refractivity contribution >= 4 is 28.9 Å². The van der Waals surface area contributed by atoms with Crippen molar-refractivity contribution in [2.45, 2.75) is 96.6 Å². The smallest absolute Gasteiger partial charge is 0.348 e. The number of aromatic carboxylic acids is 1. The molecular formula is C27H37N3O5S. The highest BCUT2D eigenvalue weighted by atomic mass is 32.1. The summed E-state index contributed by atoms with van der Waals surface area (Å²) in [4.78, 5) is 29.4. The SMILES string of the molecule is CC(C)(C)c1cc(N(C(=O)[C@H]2CC[C@H](C)CC2)[C@H]2CC[C@@H](Oc3ccc(O)nn3)CC2)c(C(=O)O)s1. The molecule has 2 aliphatic rings. The fourth-order valence-electron chi connectivity index (χ4n) is 5.25. The topological polar surface area (TPSA) is 113 Å². The Morgan fingerprint density at radius 2 is 1.69 bits per heavy atom. The maximum absolute atomic E-state index is 14.0. The van der Waals surface area contributed by atoms with Gasteiger partial charge in [0.05, 0.1) is 5.69 Å². The molecule has 1 amide bonds. The monoisotopic (exact) mass is 515 g/mol. The van der Waals surface area contributed by atoms with Gasteiger partial charge in [0.25, 0.3) is 0 Å². The van der Waals surface area contributed by atoms with E-state index in [1.54, 1.807) is 6.07 Å². The van der Waals surface area contributed by atoms with Gasteiger partial charge in [-0.15, -0.1) is 21.5 Å². The number of hydrogen-bond acceptors (Lipinski definition) is 7. The molecule has 0 spiro atoms. The average molecular weight is 516 g/mol. The van der Waals surface area contributed by atoms with Gasteiger partial charge in [-0.3, -0.25) is 4.79 Å². The van der Waals surface area contributed by atoms with Crippen LogP contribution in [0.4, 0.5) is 5.69 Å². The van der Waals surface area contributed by atoms with E-state index in [0.29, 0.717) is 30.3 Å². The van der Waals surface area contributed by atoms with E-state index in [2.05, 4.69) is 37.9 Å². The van der Waals surface area contributed by atoms with Gasteiger partial charge in [-0.2, -0.15) is 0 Å². The van der Waals surface area contributed by atoms with Gasteiger partial charge in [0.15, 0.2) is 0 Å². The Balaban J connectivity index is 1.59. The molecule has 9 heteroatoms. The van der Waals surface area contributed by atoms with Crippen LogP contribution in [0.15, 0.2) is 18.2 Å². The van der Waals surface area contributed by atoms with Crippen molar-refractivity contribution in [3.63, 3.8) is 0 Å². The molecule has 2 aliphatic carbocycles. The molecule has 0 unspecified atom stereocenters. The van der Waals surface area contributed by atoms with E-state index in [9.17, 15) is 19.8 Å². The van der Waals surface area contributed by atoms with E-state index < -0.39 is 5.97 Å². The summed E-state index contributed by atoms with van der Waals surface area (Å²) in [6.45, 7) is 8.43. The second kappa shape index (κ2) is 10.7. The van der Waals surface area contributed by atoms with Crippen LogP contribution in [0.1, 0.15) is 93.6 Å². The zero-order valence-corrected chi connectivity index (χ0v) is 22.4. The zero-order chi connectivity index (χ0) is 26.0. The molecule has 36 heavy (non-hydrogen) atoms. The number of carbonyl (C=O) groups excluding carboxylic acids is 1. The van der Waals surface area contributed by atoms with Crippen LogP contribution in [-0.4, -0.2) is 44.4 Å². The van der Waals surface area contributed by atoms with E-state index in [1.165, 1.54) is 17.4 Å². The van der Waals surface area contributed by atoms with Crippen LogP contribution in [0, 0.1) is 11.8 Å². The minimum atomic E-state index is -0.983. The fourth-order valence-corrected chi connectivity index (χ4v) is 6.30. The molecule has 4 rings (SSSR count). The highest BCUT2D eigenvalue weighted by Gasteiger charge is 2.38. The standard InChI is InChI=1S/C27H37N3O5S/c1-16-5-7-17(8-6-16)25(32)30(20-15-21(27(2,3)4)36-24(20)26(33)34)18-9-11-19(12-10-18)35-23-14-13-22(31)28-29-23/h13-19H,5-12H2,1-4H3,(H,28,31)(H,33,34)/t16-,17-,18-,19+. The largest absolute Gasteiger partial charge is 0.492 e. The summed E-state index contributed by atoms with van der Waals surface area (Å²) in [5.41, 5.74) is 0.341. The Morgan fingerprint density at radius 3 is 2.25 bits per heavy atom. The Kier molecular flexibility index (Phi) is 7.87. The normalized spacial score (nSPS) is 24.8. The van der Waals surface area contributed by atoms with Crippen LogP contribution in [0.3, 0.4) is 0 Å². The number of aromatic nitrogens is 2. The number of carboxylic acids is 1. The molecule has 196 valence electrons. The summed E-state index contributed by atoms with van der Waals surface area (Å²) in [5, 5.41) is 26.9.